The number of hydrogen-bond donors (Lipinski definition) is 2. The van der Waals surface area contributed by atoms with E-state index in [0.29, 0.717) is 12.5 Å². The maximum atomic E-state index is 5.83. The summed E-state index contributed by atoms with van der Waals surface area (Å²) in [5, 5.41) is 0. The van der Waals surface area contributed by atoms with E-state index >= 15 is 0 Å². The van der Waals surface area contributed by atoms with E-state index in [0.717, 1.165) is 17.7 Å². The molecule has 0 saturated carbocycles. The number of hydrogen-bond acceptors (Lipinski definition) is 5. The standard InChI is InChI=1S/C13H19N3S2.ClH/c1-9(15)4-10(6-14)7-17-11-2-3-12-13(5-11)18-8-16-12;/h2-3,5,8-10H,4,6-7,14-15H2,1H3;1H/t9?,10-;/m1./s1. The molecule has 2 atom stereocenters. The van der Waals surface area contributed by atoms with Crippen molar-refractivity contribution in [3.05, 3.63) is 23.7 Å². The number of nitrogens with two attached hydrogens (primary N) is 2. The van der Waals surface area contributed by atoms with Crippen LogP contribution in [0.4, 0.5) is 0 Å². The first-order chi connectivity index (χ1) is 8.69. The van der Waals surface area contributed by atoms with E-state index in [9.17, 15) is 0 Å². The van der Waals surface area contributed by atoms with Crippen LogP contribution in [0.3, 0.4) is 0 Å². The minimum Gasteiger partial charge on any atom is -0.330 e. The summed E-state index contributed by atoms with van der Waals surface area (Å²) in [5.41, 5.74) is 14.6. The largest absolute Gasteiger partial charge is 0.330 e. The van der Waals surface area contributed by atoms with Crippen LogP contribution >= 0.6 is 35.5 Å². The van der Waals surface area contributed by atoms with E-state index in [1.807, 2.05) is 24.2 Å². The zero-order valence-corrected chi connectivity index (χ0v) is 13.4. The van der Waals surface area contributed by atoms with Gasteiger partial charge in [-0.3, -0.25) is 0 Å². The van der Waals surface area contributed by atoms with Gasteiger partial charge in [0.05, 0.1) is 15.7 Å². The molecule has 0 saturated heterocycles. The lowest BCUT2D eigenvalue weighted by molar-refractivity contribution is 0.498. The normalized spacial score (nSPS) is 14.1. The lowest BCUT2D eigenvalue weighted by Crippen LogP contribution is -2.26. The molecule has 0 spiro atoms. The molecular weight excluding hydrogens is 298 g/mol. The predicted molar refractivity (Wildman–Crippen MR) is 88.4 cm³/mol. The molecule has 4 N–H and O–H groups in total. The van der Waals surface area contributed by atoms with Crippen LogP contribution in [-0.4, -0.2) is 23.3 Å². The molecule has 0 amide bonds. The summed E-state index contributed by atoms with van der Waals surface area (Å²) < 4.78 is 1.25. The summed E-state index contributed by atoms with van der Waals surface area (Å²) in [6.45, 7) is 2.74. The minimum absolute atomic E-state index is 0. The van der Waals surface area contributed by atoms with Crippen LogP contribution in [-0.2, 0) is 0 Å². The topological polar surface area (TPSA) is 64.9 Å². The summed E-state index contributed by atoms with van der Waals surface area (Å²) in [6, 6.07) is 6.64. The fourth-order valence-electron chi connectivity index (χ4n) is 1.90. The molecule has 6 heteroatoms. The molecule has 106 valence electrons. The van der Waals surface area contributed by atoms with Crippen molar-refractivity contribution < 1.29 is 0 Å². The molecule has 0 aliphatic rings. The maximum Gasteiger partial charge on any atom is 0.0812 e. The Bertz CT molecular complexity index is 501. The van der Waals surface area contributed by atoms with E-state index in [2.05, 4.69) is 23.2 Å². The highest BCUT2D eigenvalue weighted by molar-refractivity contribution is 7.99. The van der Waals surface area contributed by atoms with Crippen LogP contribution in [0.1, 0.15) is 13.3 Å². The number of halogens is 1. The number of aromatic nitrogens is 1. The van der Waals surface area contributed by atoms with Crippen molar-refractivity contribution in [3.63, 3.8) is 0 Å². The number of benzene rings is 1. The first-order valence-corrected chi connectivity index (χ1v) is 7.97. The second kappa shape index (κ2) is 8.07. The average Bonchev–Trinajstić information content (AvgIpc) is 2.81. The fourth-order valence-corrected chi connectivity index (χ4v) is 3.75. The summed E-state index contributed by atoms with van der Waals surface area (Å²) in [5.74, 6) is 1.52. The van der Waals surface area contributed by atoms with Crippen LogP contribution in [0, 0.1) is 5.92 Å². The van der Waals surface area contributed by atoms with E-state index in [1.54, 1.807) is 11.3 Å². The third-order valence-corrected chi connectivity index (χ3v) is 4.84. The van der Waals surface area contributed by atoms with Crippen LogP contribution < -0.4 is 11.5 Å². The van der Waals surface area contributed by atoms with E-state index in [1.165, 1.54) is 9.60 Å². The van der Waals surface area contributed by atoms with Crippen molar-refractivity contribution in [3.8, 4) is 0 Å². The molecule has 0 radical (unpaired) electrons. The maximum absolute atomic E-state index is 5.83. The quantitative estimate of drug-likeness (QED) is 0.803. The summed E-state index contributed by atoms with van der Waals surface area (Å²) in [7, 11) is 0. The van der Waals surface area contributed by atoms with Gasteiger partial charge in [0.15, 0.2) is 0 Å². The van der Waals surface area contributed by atoms with Crippen molar-refractivity contribution >= 4 is 45.7 Å². The number of fused-ring (bicyclic) bond motifs is 1. The van der Waals surface area contributed by atoms with Crippen molar-refractivity contribution in [2.24, 2.45) is 17.4 Å². The van der Waals surface area contributed by atoms with Crippen molar-refractivity contribution in [1.82, 2.24) is 4.98 Å². The Morgan fingerprint density at radius 2 is 2.21 bits per heavy atom. The van der Waals surface area contributed by atoms with Gasteiger partial charge in [0.2, 0.25) is 0 Å². The van der Waals surface area contributed by atoms with Crippen molar-refractivity contribution in [2.75, 3.05) is 12.3 Å². The highest BCUT2D eigenvalue weighted by Crippen LogP contribution is 2.27. The molecule has 0 bridgehead atoms. The van der Waals surface area contributed by atoms with Crippen LogP contribution in [0.5, 0.6) is 0 Å². The van der Waals surface area contributed by atoms with Gasteiger partial charge in [-0.15, -0.1) is 35.5 Å². The van der Waals surface area contributed by atoms with Crippen LogP contribution in [0.2, 0.25) is 0 Å². The smallest absolute Gasteiger partial charge is 0.0812 e. The van der Waals surface area contributed by atoms with Crippen LogP contribution in [0.15, 0.2) is 28.6 Å². The molecule has 19 heavy (non-hydrogen) atoms. The number of nitrogens with zero attached hydrogens (tertiary/aromatic N) is 1. The van der Waals surface area contributed by atoms with Gasteiger partial charge in [0.25, 0.3) is 0 Å². The fraction of sp³-hybridized carbons (Fsp3) is 0.462. The lowest BCUT2D eigenvalue weighted by atomic mass is 10.0. The third-order valence-electron chi connectivity index (χ3n) is 2.83. The van der Waals surface area contributed by atoms with Gasteiger partial charge in [0.1, 0.15) is 0 Å². The molecule has 0 aliphatic heterocycles. The molecular formula is C13H20ClN3S2. The number of thioether (sulfide) groups is 1. The number of thiazole rings is 1. The zero-order chi connectivity index (χ0) is 13.0. The first-order valence-electron chi connectivity index (χ1n) is 6.10. The second-order valence-electron chi connectivity index (χ2n) is 4.61. The Balaban J connectivity index is 0.00000180. The Kier molecular flexibility index (Phi) is 7.10. The van der Waals surface area contributed by atoms with Gasteiger partial charge in [-0.2, -0.15) is 0 Å². The van der Waals surface area contributed by atoms with E-state index in [-0.39, 0.29) is 18.4 Å². The summed E-state index contributed by atoms with van der Waals surface area (Å²) in [6.07, 6.45) is 0.992. The highest BCUT2D eigenvalue weighted by atomic mass is 35.5. The van der Waals surface area contributed by atoms with E-state index in [4.69, 9.17) is 11.5 Å². The Morgan fingerprint density at radius 1 is 1.42 bits per heavy atom. The summed E-state index contributed by atoms with van der Waals surface area (Å²) in [4.78, 5) is 5.57. The van der Waals surface area contributed by atoms with Crippen LogP contribution in [0.25, 0.3) is 10.2 Å². The van der Waals surface area contributed by atoms with Gasteiger partial charge in [-0.05, 0) is 44.0 Å². The second-order valence-corrected chi connectivity index (χ2v) is 6.59. The third kappa shape index (κ3) is 4.93. The van der Waals surface area contributed by atoms with Crippen molar-refractivity contribution in [2.45, 2.75) is 24.3 Å². The molecule has 1 heterocycles. The van der Waals surface area contributed by atoms with Gasteiger partial charge < -0.3 is 11.5 Å². The SMILES string of the molecule is CC(N)C[C@H](CN)CSc1ccc2ncsc2c1.Cl. The van der Waals surface area contributed by atoms with Crippen molar-refractivity contribution in [1.29, 1.82) is 0 Å². The minimum atomic E-state index is 0. The van der Waals surface area contributed by atoms with Gasteiger partial charge in [-0.25, -0.2) is 4.98 Å². The van der Waals surface area contributed by atoms with Gasteiger partial charge >= 0.3 is 0 Å². The summed E-state index contributed by atoms with van der Waals surface area (Å²) >= 11 is 3.54. The Labute approximate surface area is 128 Å². The molecule has 3 nitrogen and oxygen atoms in total. The lowest BCUT2D eigenvalue weighted by Gasteiger charge is -2.16. The first kappa shape index (κ1) is 16.7. The molecule has 1 aromatic carbocycles. The molecule has 2 aromatic rings. The highest BCUT2D eigenvalue weighted by Gasteiger charge is 2.10. The zero-order valence-electron chi connectivity index (χ0n) is 10.9. The monoisotopic (exact) mass is 317 g/mol. The predicted octanol–water partition coefficient (Wildman–Crippen LogP) is 3.12. The molecule has 0 fully saturated rings. The molecule has 0 aliphatic carbocycles. The Morgan fingerprint density at radius 3 is 2.89 bits per heavy atom. The number of rotatable bonds is 6. The van der Waals surface area contributed by atoms with Gasteiger partial charge in [-0.1, -0.05) is 0 Å². The Hall–Kier alpha value is -0.330. The molecule has 2 rings (SSSR count). The molecule has 1 aromatic heterocycles. The average molecular weight is 318 g/mol. The van der Waals surface area contributed by atoms with Gasteiger partial charge in [0, 0.05) is 16.7 Å². The van der Waals surface area contributed by atoms with E-state index < -0.39 is 0 Å². The molecule has 1 unspecified atom stereocenters.